The van der Waals surface area contributed by atoms with Gasteiger partial charge in [0.25, 0.3) is 0 Å². The van der Waals surface area contributed by atoms with Crippen LogP contribution in [0.15, 0.2) is 36.5 Å². The van der Waals surface area contributed by atoms with Crippen molar-refractivity contribution in [1.29, 1.82) is 0 Å². The minimum atomic E-state index is -0.357. The first kappa shape index (κ1) is 19.5. The Balaban J connectivity index is 1.84. The summed E-state index contributed by atoms with van der Waals surface area (Å²) in [6.07, 6.45) is 1.38. The van der Waals surface area contributed by atoms with Gasteiger partial charge in [-0.2, -0.15) is 0 Å². The van der Waals surface area contributed by atoms with Crippen LogP contribution in [0.25, 0.3) is 0 Å². The Hall–Kier alpha value is -1.86. The van der Waals surface area contributed by atoms with Gasteiger partial charge in [-0.05, 0) is 25.2 Å². The van der Waals surface area contributed by atoms with Crippen LogP contribution in [0.3, 0.4) is 0 Å². The molecule has 0 spiro atoms. The number of anilines is 2. The summed E-state index contributed by atoms with van der Waals surface area (Å²) in [7, 11) is 1.64. The van der Waals surface area contributed by atoms with Crippen molar-refractivity contribution in [3.63, 3.8) is 0 Å². The number of pyridine rings is 1. The summed E-state index contributed by atoms with van der Waals surface area (Å²) in [5, 5.41) is 6.30. The molecule has 0 radical (unpaired) electrons. The van der Waals surface area contributed by atoms with Crippen molar-refractivity contribution < 1.29 is 9.59 Å². The SMILES string of the molecule is CN(CC(=O)Nc1ccccc1Cl)CC(=O)Nc1ncc(Cl)cc1Cl. The molecule has 0 atom stereocenters. The average Bonchev–Trinajstić information content (AvgIpc) is 2.52. The molecule has 0 aliphatic heterocycles. The zero-order valence-corrected chi connectivity index (χ0v) is 15.5. The van der Waals surface area contributed by atoms with Gasteiger partial charge in [0, 0.05) is 6.20 Å². The van der Waals surface area contributed by atoms with Gasteiger partial charge in [-0.3, -0.25) is 14.5 Å². The van der Waals surface area contributed by atoms with Gasteiger partial charge in [0.1, 0.15) is 0 Å². The summed E-state index contributed by atoms with van der Waals surface area (Å²) >= 11 is 17.7. The summed E-state index contributed by atoms with van der Waals surface area (Å²) in [5.41, 5.74) is 0.518. The quantitative estimate of drug-likeness (QED) is 0.776. The lowest BCUT2D eigenvalue weighted by atomic mass is 10.3. The van der Waals surface area contributed by atoms with Crippen LogP contribution < -0.4 is 10.6 Å². The molecule has 2 rings (SSSR count). The first-order valence-corrected chi connectivity index (χ1v) is 8.32. The standard InChI is InChI=1S/C16H15Cl3N4O2/c1-23(8-14(24)21-13-5-3-2-4-11(13)18)9-15(25)22-16-12(19)6-10(17)7-20-16/h2-7H,8-9H2,1H3,(H,21,24)(H,20,22,25). The lowest BCUT2D eigenvalue weighted by Crippen LogP contribution is -2.36. The number of benzene rings is 1. The molecule has 9 heteroatoms. The third kappa shape index (κ3) is 6.17. The molecule has 0 unspecified atom stereocenters. The second-order valence-electron chi connectivity index (χ2n) is 5.23. The minimum Gasteiger partial charge on any atom is -0.324 e. The van der Waals surface area contributed by atoms with Crippen LogP contribution in [0, 0.1) is 0 Å². The normalized spacial score (nSPS) is 10.6. The summed E-state index contributed by atoms with van der Waals surface area (Å²) in [6.45, 7) is -0.00298. The molecule has 2 amide bonds. The highest BCUT2D eigenvalue weighted by Gasteiger charge is 2.13. The average molecular weight is 402 g/mol. The summed E-state index contributed by atoms with van der Waals surface area (Å²) in [4.78, 5) is 29.5. The van der Waals surface area contributed by atoms with Gasteiger partial charge in [0.15, 0.2) is 5.82 Å². The fraction of sp³-hybridized carbons (Fsp3) is 0.188. The van der Waals surface area contributed by atoms with E-state index in [0.29, 0.717) is 15.7 Å². The van der Waals surface area contributed by atoms with Gasteiger partial charge in [-0.15, -0.1) is 0 Å². The highest BCUT2D eigenvalue weighted by atomic mass is 35.5. The molecular formula is C16H15Cl3N4O2. The van der Waals surface area contributed by atoms with Crippen molar-refractivity contribution in [3.05, 3.63) is 51.6 Å². The van der Waals surface area contributed by atoms with E-state index in [4.69, 9.17) is 34.8 Å². The lowest BCUT2D eigenvalue weighted by molar-refractivity contribution is -0.119. The maximum atomic E-state index is 12.0. The van der Waals surface area contributed by atoms with E-state index >= 15 is 0 Å². The highest BCUT2D eigenvalue weighted by molar-refractivity contribution is 6.36. The Morgan fingerprint density at radius 1 is 1.04 bits per heavy atom. The number of para-hydroxylation sites is 1. The van der Waals surface area contributed by atoms with Crippen molar-refractivity contribution in [2.75, 3.05) is 30.8 Å². The molecule has 2 aromatic rings. The van der Waals surface area contributed by atoms with E-state index in [0.717, 1.165) is 0 Å². The van der Waals surface area contributed by atoms with Crippen molar-refractivity contribution in [2.24, 2.45) is 0 Å². The Morgan fingerprint density at radius 2 is 1.68 bits per heavy atom. The van der Waals surface area contributed by atoms with Crippen LogP contribution in [0.4, 0.5) is 11.5 Å². The number of amides is 2. The second-order valence-corrected chi connectivity index (χ2v) is 6.48. The predicted molar refractivity (Wildman–Crippen MR) is 100 cm³/mol. The zero-order chi connectivity index (χ0) is 18.4. The molecule has 0 fully saturated rings. The number of carbonyl (C=O) groups is 2. The van der Waals surface area contributed by atoms with Crippen LogP contribution in [0.1, 0.15) is 0 Å². The molecular weight excluding hydrogens is 387 g/mol. The first-order chi connectivity index (χ1) is 11.8. The molecule has 1 heterocycles. The number of aromatic nitrogens is 1. The van der Waals surface area contributed by atoms with E-state index in [9.17, 15) is 9.59 Å². The number of rotatable bonds is 6. The minimum absolute atomic E-state index is 0.0143. The van der Waals surface area contributed by atoms with Gasteiger partial charge < -0.3 is 10.6 Å². The van der Waals surface area contributed by atoms with E-state index in [1.807, 2.05) is 0 Å². The number of carbonyl (C=O) groups excluding carboxylic acids is 2. The van der Waals surface area contributed by atoms with Crippen molar-refractivity contribution in [1.82, 2.24) is 9.88 Å². The molecule has 2 N–H and O–H groups in total. The van der Waals surface area contributed by atoms with E-state index in [1.165, 1.54) is 12.3 Å². The predicted octanol–water partition coefficient (Wildman–Crippen LogP) is 3.55. The number of hydrogen-bond acceptors (Lipinski definition) is 4. The topological polar surface area (TPSA) is 74.3 Å². The Kier molecular flexibility index (Phi) is 7.01. The third-order valence-electron chi connectivity index (χ3n) is 3.04. The lowest BCUT2D eigenvalue weighted by Gasteiger charge is -2.16. The van der Waals surface area contributed by atoms with Crippen molar-refractivity contribution >= 4 is 58.1 Å². The number of nitrogens with zero attached hydrogens (tertiary/aromatic N) is 2. The van der Waals surface area contributed by atoms with E-state index in [-0.39, 0.29) is 35.7 Å². The van der Waals surface area contributed by atoms with Crippen molar-refractivity contribution in [2.45, 2.75) is 0 Å². The van der Waals surface area contributed by atoms with Crippen LogP contribution in [-0.4, -0.2) is 41.8 Å². The summed E-state index contributed by atoms with van der Waals surface area (Å²) < 4.78 is 0. The van der Waals surface area contributed by atoms with E-state index in [2.05, 4.69) is 15.6 Å². The fourth-order valence-corrected chi connectivity index (χ4v) is 2.59. The van der Waals surface area contributed by atoms with Gasteiger partial charge >= 0.3 is 0 Å². The number of likely N-dealkylation sites (N-methyl/N-ethyl adjacent to an activating group) is 1. The summed E-state index contributed by atoms with van der Waals surface area (Å²) in [5.74, 6) is -0.430. The summed E-state index contributed by atoms with van der Waals surface area (Å²) in [6, 6.07) is 8.39. The van der Waals surface area contributed by atoms with E-state index < -0.39 is 0 Å². The maximum Gasteiger partial charge on any atom is 0.239 e. The number of hydrogen-bond donors (Lipinski definition) is 2. The third-order valence-corrected chi connectivity index (χ3v) is 3.87. The van der Waals surface area contributed by atoms with Crippen LogP contribution in [-0.2, 0) is 9.59 Å². The highest BCUT2D eigenvalue weighted by Crippen LogP contribution is 2.22. The van der Waals surface area contributed by atoms with Gasteiger partial charge in [0.2, 0.25) is 11.8 Å². The molecule has 1 aromatic carbocycles. The Bertz CT molecular complexity index is 786. The monoisotopic (exact) mass is 400 g/mol. The van der Waals surface area contributed by atoms with E-state index in [1.54, 1.807) is 36.2 Å². The number of halogens is 3. The fourth-order valence-electron chi connectivity index (χ4n) is 1.98. The second kappa shape index (κ2) is 9.01. The first-order valence-electron chi connectivity index (χ1n) is 7.19. The molecule has 1 aromatic heterocycles. The molecule has 0 saturated heterocycles. The van der Waals surface area contributed by atoms with Crippen molar-refractivity contribution in [3.8, 4) is 0 Å². The molecule has 0 saturated carbocycles. The number of nitrogens with one attached hydrogen (secondary N) is 2. The molecule has 6 nitrogen and oxygen atoms in total. The van der Waals surface area contributed by atoms with Gasteiger partial charge in [-0.25, -0.2) is 4.98 Å². The van der Waals surface area contributed by atoms with Gasteiger partial charge in [-0.1, -0.05) is 46.9 Å². The molecule has 25 heavy (non-hydrogen) atoms. The molecule has 0 aliphatic carbocycles. The smallest absolute Gasteiger partial charge is 0.239 e. The largest absolute Gasteiger partial charge is 0.324 e. The molecule has 0 bridgehead atoms. The Labute approximate surface area is 160 Å². The molecule has 0 aliphatic rings. The zero-order valence-electron chi connectivity index (χ0n) is 13.2. The van der Waals surface area contributed by atoms with Crippen LogP contribution >= 0.6 is 34.8 Å². The van der Waals surface area contributed by atoms with Crippen LogP contribution in [0.2, 0.25) is 15.1 Å². The van der Waals surface area contributed by atoms with Crippen LogP contribution in [0.5, 0.6) is 0 Å². The van der Waals surface area contributed by atoms with Gasteiger partial charge in [0.05, 0.1) is 33.8 Å². The maximum absolute atomic E-state index is 12.0. The molecule has 132 valence electrons. The Morgan fingerprint density at radius 3 is 2.32 bits per heavy atom.